The van der Waals surface area contributed by atoms with Crippen molar-refractivity contribution in [3.05, 3.63) is 150 Å². The second-order valence-corrected chi connectivity index (χ2v) is 9.87. The predicted octanol–water partition coefficient (Wildman–Crippen LogP) is 9.42. The molecule has 0 unspecified atom stereocenters. The maximum atomic E-state index is 5.00. The molecule has 5 aromatic carbocycles. The van der Waals surface area contributed by atoms with Crippen LogP contribution in [0.15, 0.2) is 138 Å². The van der Waals surface area contributed by atoms with Gasteiger partial charge in [0, 0.05) is 20.2 Å². The highest BCUT2D eigenvalue weighted by molar-refractivity contribution is 7.25. The van der Waals surface area contributed by atoms with Crippen LogP contribution in [0.2, 0.25) is 0 Å². The molecule has 0 amide bonds. The maximum Gasteiger partial charge on any atom is 0.0650 e. The second kappa shape index (κ2) is 10.2. The van der Waals surface area contributed by atoms with Gasteiger partial charge in [-0.2, -0.15) is 0 Å². The van der Waals surface area contributed by atoms with Crippen LogP contribution in [-0.2, 0) is 6.54 Å². The third-order valence-corrected chi connectivity index (χ3v) is 7.54. The van der Waals surface area contributed by atoms with E-state index in [0.29, 0.717) is 6.54 Å². The molecular formula is C34H25NS. The summed E-state index contributed by atoms with van der Waals surface area (Å²) >= 11 is 1.85. The normalized spacial score (nSPS) is 12.1. The zero-order chi connectivity index (χ0) is 24.2. The first-order chi connectivity index (χ1) is 17.8. The minimum atomic E-state index is 0.654. The molecule has 2 heteroatoms. The van der Waals surface area contributed by atoms with Crippen molar-refractivity contribution < 1.29 is 0 Å². The Labute approximate surface area is 215 Å². The third kappa shape index (κ3) is 4.64. The molecule has 0 saturated heterocycles. The van der Waals surface area contributed by atoms with Gasteiger partial charge < -0.3 is 0 Å². The molecule has 0 spiro atoms. The summed E-state index contributed by atoms with van der Waals surface area (Å²) in [6, 6.07) is 44.9. The minimum absolute atomic E-state index is 0.654. The lowest BCUT2D eigenvalue weighted by atomic mass is 10.00. The summed E-state index contributed by atoms with van der Waals surface area (Å²) < 4.78 is 2.62. The van der Waals surface area contributed by atoms with Crippen LogP contribution in [0.1, 0.15) is 16.7 Å². The van der Waals surface area contributed by atoms with E-state index in [1.54, 1.807) is 0 Å². The van der Waals surface area contributed by atoms with Gasteiger partial charge in [0.2, 0.25) is 0 Å². The van der Waals surface area contributed by atoms with Gasteiger partial charge in [-0.3, -0.25) is 4.99 Å². The lowest BCUT2D eigenvalue weighted by Gasteiger charge is -2.05. The van der Waals surface area contributed by atoms with Crippen LogP contribution in [0.25, 0.3) is 37.4 Å². The fourth-order valence-corrected chi connectivity index (χ4v) is 5.70. The van der Waals surface area contributed by atoms with Crippen LogP contribution in [0.3, 0.4) is 0 Å². The first-order valence-electron chi connectivity index (χ1n) is 12.2. The second-order valence-electron chi connectivity index (χ2n) is 8.79. The Hall–Kier alpha value is -4.27. The highest BCUT2D eigenvalue weighted by atomic mass is 32.1. The molecule has 172 valence electrons. The van der Waals surface area contributed by atoms with E-state index >= 15 is 0 Å². The first kappa shape index (κ1) is 22.2. The molecule has 0 radical (unpaired) electrons. The van der Waals surface area contributed by atoms with Crippen LogP contribution >= 0.6 is 11.3 Å². The largest absolute Gasteiger partial charge is 0.280 e. The molecule has 1 heterocycles. The van der Waals surface area contributed by atoms with E-state index < -0.39 is 0 Å². The molecule has 0 bridgehead atoms. The Morgan fingerprint density at radius 3 is 2.14 bits per heavy atom. The summed E-state index contributed by atoms with van der Waals surface area (Å²) in [6.07, 6.45) is 4.39. The van der Waals surface area contributed by atoms with Crippen LogP contribution in [-0.4, -0.2) is 5.71 Å². The number of hydrogen-bond donors (Lipinski definition) is 0. The zero-order valence-electron chi connectivity index (χ0n) is 19.8. The molecule has 0 saturated carbocycles. The highest BCUT2D eigenvalue weighted by Crippen LogP contribution is 2.38. The van der Waals surface area contributed by atoms with Gasteiger partial charge in [-0.25, -0.2) is 0 Å². The van der Waals surface area contributed by atoms with Gasteiger partial charge >= 0.3 is 0 Å². The van der Waals surface area contributed by atoms with Crippen molar-refractivity contribution in [2.45, 2.75) is 6.54 Å². The monoisotopic (exact) mass is 479 g/mol. The average molecular weight is 480 g/mol. The minimum Gasteiger partial charge on any atom is -0.280 e. The van der Waals surface area contributed by atoms with Gasteiger partial charge in [-0.15, -0.1) is 11.3 Å². The van der Waals surface area contributed by atoms with Crippen LogP contribution in [0, 0.1) is 0 Å². The summed E-state index contributed by atoms with van der Waals surface area (Å²) in [5, 5.41) is 2.61. The molecule has 0 fully saturated rings. The number of allylic oxidation sites excluding steroid dienone is 1. The number of fused-ring (bicyclic) bond motifs is 3. The Morgan fingerprint density at radius 1 is 0.639 bits per heavy atom. The lowest BCUT2D eigenvalue weighted by molar-refractivity contribution is 1.07. The van der Waals surface area contributed by atoms with E-state index in [1.165, 1.54) is 42.4 Å². The molecule has 1 nitrogen and oxygen atoms in total. The summed E-state index contributed by atoms with van der Waals surface area (Å²) in [4.78, 5) is 5.00. The Kier molecular flexibility index (Phi) is 6.26. The molecule has 6 aromatic rings. The van der Waals surface area contributed by atoms with Gasteiger partial charge in [0.05, 0.1) is 12.3 Å². The van der Waals surface area contributed by atoms with Crippen molar-refractivity contribution in [2.75, 3.05) is 0 Å². The highest BCUT2D eigenvalue weighted by Gasteiger charge is 2.10. The number of rotatable bonds is 6. The average Bonchev–Trinajstić information content (AvgIpc) is 3.33. The Balaban J connectivity index is 1.43. The van der Waals surface area contributed by atoms with Crippen molar-refractivity contribution in [2.24, 2.45) is 4.99 Å². The summed E-state index contributed by atoms with van der Waals surface area (Å²) in [5.41, 5.74) is 7.02. The van der Waals surface area contributed by atoms with E-state index in [9.17, 15) is 0 Å². The van der Waals surface area contributed by atoms with Crippen molar-refractivity contribution in [1.29, 1.82) is 0 Å². The first-order valence-corrected chi connectivity index (χ1v) is 13.0. The predicted molar refractivity (Wildman–Crippen MR) is 157 cm³/mol. The van der Waals surface area contributed by atoms with E-state index in [4.69, 9.17) is 4.99 Å². The van der Waals surface area contributed by atoms with Crippen LogP contribution < -0.4 is 0 Å². The lowest BCUT2D eigenvalue weighted by Crippen LogP contribution is -1.98. The van der Waals surface area contributed by atoms with Crippen LogP contribution in [0.4, 0.5) is 0 Å². The molecule has 36 heavy (non-hydrogen) atoms. The molecule has 0 aliphatic carbocycles. The van der Waals surface area contributed by atoms with Gasteiger partial charge in [0.15, 0.2) is 0 Å². The van der Waals surface area contributed by atoms with Gasteiger partial charge in [0.1, 0.15) is 0 Å². The quantitative estimate of drug-likeness (QED) is 0.211. The van der Waals surface area contributed by atoms with E-state index in [1.807, 2.05) is 23.5 Å². The third-order valence-electron chi connectivity index (χ3n) is 6.40. The number of aliphatic imine (C=N–C) groups is 1. The summed E-state index contributed by atoms with van der Waals surface area (Å²) in [5.74, 6) is 0. The smallest absolute Gasteiger partial charge is 0.0650 e. The fourth-order valence-electron chi connectivity index (χ4n) is 4.58. The molecular weight excluding hydrogens is 454 g/mol. The van der Waals surface area contributed by atoms with E-state index in [-0.39, 0.29) is 0 Å². The van der Waals surface area contributed by atoms with E-state index in [0.717, 1.165) is 11.3 Å². The number of hydrogen-bond acceptors (Lipinski definition) is 2. The van der Waals surface area contributed by atoms with E-state index in [2.05, 4.69) is 127 Å². The van der Waals surface area contributed by atoms with Gasteiger partial charge in [-0.1, -0.05) is 115 Å². The number of nitrogens with zero attached hydrogens (tertiary/aromatic N) is 1. The van der Waals surface area contributed by atoms with Crippen molar-refractivity contribution in [3.63, 3.8) is 0 Å². The summed E-state index contributed by atoms with van der Waals surface area (Å²) in [7, 11) is 0. The van der Waals surface area contributed by atoms with Crippen molar-refractivity contribution in [3.8, 4) is 11.1 Å². The SMILES string of the molecule is C(=C\c1cccc2sc3ccc(-c4ccccc4)cc3c12)/C(=NCc1ccccc1)c1ccccc1. The molecule has 0 N–H and O–H groups in total. The molecule has 0 aliphatic heterocycles. The number of thiophene rings is 1. The fraction of sp³-hybridized carbons (Fsp3) is 0.0294. The van der Waals surface area contributed by atoms with Gasteiger partial charge in [-0.05, 0) is 52.1 Å². The topological polar surface area (TPSA) is 12.4 Å². The van der Waals surface area contributed by atoms with Crippen molar-refractivity contribution in [1.82, 2.24) is 0 Å². The van der Waals surface area contributed by atoms with Crippen LogP contribution in [0.5, 0.6) is 0 Å². The molecule has 0 aliphatic rings. The molecule has 6 rings (SSSR count). The Morgan fingerprint density at radius 2 is 1.36 bits per heavy atom. The van der Waals surface area contributed by atoms with Gasteiger partial charge in [0.25, 0.3) is 0 Å². The van der Waals surface area contributed by atoms with Crippen molar-refractivity contribution >= 4 is 43.3 Å². The summed E-state index contributed by atoms with van der Waals surface area (Å²) in [6.45, 7) is 0.654. The maximum absolute atomic E-state index is 5.00. The standard InChI is InChI=1S/C34H25NS/c1-4-11-25(12-5-1)24-35-31(27-15-8-3-9-16-27)21-19-28-17-10-18-33-34(28)30-23-29(20-22-32(30)36-33)26-13-6-2-7-14-26/h1-23H,24H2/b21-19+,35-31?. The number of benzene rings is 5. The molecule has 1 aromatic heterocycles. The Bertz CT molecular complexity index is 1680. The molecule has 0 atom stereocenters. The zero-order valence-corrected chi connectivity index (χ0v) is 20.7.